The summed E-state index contributed by atoms with van der Waals surface area (Å²) >= 11 is 0. The van der Waals surface area contributed by atoms with Crippen LogP contribution in [0.15, 0.2) is 83.8 Å². The first kappa shape index (κ1) is 31.4. The minimum Gasteiger partial charge on any atom is -0.444 e. The van der Waals surface area contributed by atoms with Gasteiger partial charge < -0.3 is 25.0 Å². The minimum absolute atomic E-state index is 0.0371. The molecule has 0 saturated carbocycles. The topological polar surface area (TPSA) is 129 Å². The molecule has 1 atom stereocenters. The Labute approximate surface area is 262 Å². The molecule has 0 aromatic heterocycles. The fourth-order valence-electron chi connectivity index (χ4n) is 5.29. The summed E-state index contributed by atoms with van der Waals surface area (Å²) in [5.41, 5.74) is 3.03. The van der Waals surface area contributed by atoms with Gasteiger partial charge in [-0.25, -0.2) is 19.7 Å². The van der Waals surface area contributed by atoms with E-state index < -0.39 is 29.4 Å². The quantitative estimate of drug-likeness (QED) is 0.396. The maximum Gasteiger partial charge on any atom is 0.415 e. The second-order valence-electron chi connectivity index (χ2n) is 13.1. The summed E-state index contributed by atoms with van der Waals surface area (Å²) in [6, 6.07) is 16.0. The maximum atomic E-state index is 13.4. The van der Waals surface area contributed by atoms with Crippen molar-refractivity contribution in [1.82, 2.24) is 20.9 Å². The van der Waals surface area contributed by atoms with Gasteiger partial charge in [-0.2, -0.15) is 0 Å². The molecule has 3 N–H and O–H groups in total. The lowest BCUT2D eigenvalue weighted by Gasteiger charge is -2.42. The third kappa shape index (κ3) is 7.36. The third-order valence-corrected chi connectivity index (χ3v) is 7.16. The van der Waals surface area contributed by atoms with Crippen LogP contribution in [0, 0.1) is 0 Å². The van der Waals surface area contributed by atoms with Crippen molar-refractivity contribution >= 4 is 35.4 Å². The van der Waals surface area contributed by atoms with Crippen molar-refractivity contribution < 1.29 is 28.7 Å². The fourth-order valence-corrected chi connectivity index (χ4v) is 5.29. The summed E-state index contributed by atoms with van der Waals surface area (Å²) in [4.78, 5) is 54.6. The number of anilines is 1. The number of benzene rings is 2. The molecule has 236 valence electrons. The highest BCUT2D eigenvalue weighted by atomic mass is 16.6. The van der Waals surface area contributed by atoms with Gasteiger partial charge in [-0.05, 0) is 83.9 Å². The zero-order chi connectivity index (χ0) is 32.5. The number of amides is 5. The Bertz CT molecular complexity index is 1600. The molecule has 3 aliphatic heterocycles. The lowest BCUT2D eigenvalue weighted by atomic mass is 9.88. The van der Waals surface area contributed by atoms with Crippen LogP contribution in [-0.4, -0.2) is 59.4 Å². The van der Waals surface area contributed by atoms with E-state index in [-0.39, 0.29) is 11.9 Å². The molecule has 2 bridgehead atoms. The number of nitrogens with one attached hydrogen (secondary N) is 3. The number of nitrogens with zero attached hydrogens (tertiary/aromatic N) is 2. The zero-order valence-corrected chi connectivity index (χ0v) is 26.4. The monoisotopic (exact) mass is 613 g/mol. The SMILES string of the molecule is CC(C)(C)OC(=O)NC(=O)N1c2ccc(-c3ccccc3)c1c2NC(=O)c1ccc(N2CC[C@H](NC(=O)OC(C)(C)C)C2)cc1. The van der Waals surface area contributed by atoms with Crippen molar-refractivity contribution in [1.29, 1.82) is 0 Å². The van der Waals surface area contributed by atoms with Crippen LogP contribution < -0.4 is 20.9 Å². The number of carbonyl (C=O) groups excluding carboxylic acids is 4. The van der Waals surface area contributed by atoms with E-state index in [2.05, 4.69) is 20.9 Å². The molecular weight excluding hydrogens is 574 g/mol. The Hall–Kier alpha value is -5.06. The molecule has 1 saturated heterocycles. The lowest BCUT2D eigenvalue weighted by molar-refractivity contribution is 0.0504. The van der Waals surface area contributed by atoms with Crippen molar-refractivity contribution in [2.24, 2.45) is 0 Å². The number of alkyl carbamates (subject to hydrolysis) is 2. The first-order valence-electron chi connectivity index (χ1n) is 14.9. The predicted octanol–water partition coefficient (Wildman–Crippen LogP) is 5.67. The van der Waals surface area contributed by atoms with Crippen LogP contribution in [0.5, 0.6) is 0 Å². The molecule has 2 aromatic carbocycles. The summed E-state index contributed by atoms with van der Waals surface area (Å²) in [7, 11) is 0. The van der Waals surface area contributed by atoms with Gasteiger partial charge in [0.1, 0.15) is 11.2 Å². The number of imide groups is 1. The second kappa shape index (κ2) is 12.1. The Morgan fingerprint density at radius 1 is 0.822 bits per heavy atom. The molecule has 5 rings (SSSR count). The van der Waals surface area contributed by atoms with Gasteiger partial charge in [0.25, 0.3) is 5.91 Å². The highest BCUT2D eigenvalue weighted by Gasteiger charge is 2.43. The number of hydrogen-bond acceptors (Lipinski definition) is 7. The summed E-state index contributed by atoms with van der Waals surface area (Å²) in [5.74, 6) is -0.340. The van der Waals surface area contributed by atoms with Crippen LogP contribution in [0.3, 0.4) is 0 Å². The van der Waals surface area contributed by atoms with E-state index in [0.717, 1.165) is 29.8 Å². The van der Waals surface area contributed by atoms with E-state index in [1.165, 1.54) is 4.90 Å². The molecule has 2 aromatic rings. The fraction of sp³-hybridized carbons (Fsp3) is 0.353. The summed E-state index contributed by atoms with van der Waals surface area (Å²) in [6.45, 7) is 12.0. The zero-order valence-electron chi connectivity index (χ0n) is 26.4. The molecule has 0 aliphatic carbocycles. The number of rotatable bonds is 5. The molecule has 0 radical (unpaired) electrons. The van der Waals surface area contributed by atoms with Gasteiger partial charge in [0.2, 0.25) is 0 Å². The molecule has 3 aliphatic rings. The van der Waals surface area contributed by atoms with Crippen LogP contribution in [0.1, 0.15) is 63.9 Å². The van der Waals surface area contributed by atoms with E-state index in [0.29, 0.717) is 29.2 Å². The van der Waals surface area contributed by atoms with Crippen LogP contribution in [0.2, 0.25) is 0 Å². The Balaban J connectivity index is 1.28. The van der Waals surface area contributed by atoms with Gasteiger partial charge in [0, 0.05) is 29.9 Å². The first-order valence-corrected chi connectivity index (χ1v) is 14.9. The van der Waals surface area contributed by atoms with Crippen LogP contribution in [0.4, 0.5) is 20.1 Å². The maximum absolute atomic E-state index is 13.4. The smallest absolute Gasteiger partial charge is 0.415 e. The van der Waals surface area contributed by atoms with E-state index in [1.54, 1.807) is 39.0 Å². The molecule has 11 nitrogen and oxygen atoms in total. The Kier molecular flexibility index (Phi) is 8.46. The van der Waals surface area contributed by atoms with Crippen LogP contribution in [-0.2, 0) is 9.47 Å². The number of hydrogen-bond donors (Lipinski definition) is 3. The first-order chi connectivity index (χ1) is 21.2. The number of carbonyl (C=O) groups is 4. The predicted molar refractivity (Wildman–Crippen MR) is 170 cm³/mol. The van der Waals surface area contributed by atoms with Crippen molar-refractivity contribution in [2.45, 2.75) is 65.2 Å². The molecular formula is C34H39N5O6. The van der Waals surface area contributed by atoms with Gasteiger partial charge in [-0.1, -0.05) is 36.4 Å². The van der Waals surface area contributed by atoms with Crippen molar-refractivity contribution in [2.75, 3.05) is 18.0 Å². The number of allylic oxidation sites excluding steroid dienone is 3. The van der Waals surface area contributed by atoms with Crippen molar-refractivity contribution in [3.05, 3.63) is 95.0 Å². The van der Waals surface area contributed by atoms with E-state index >= 15 is 0 Å². The van der Waals surface area contributed by atoms with Gasteiger partial charge in [-0.3, -0.25) is 9.69 Å². The lowest BCUT2D eigenvalue weighted by Crippen LogP contribution is -2.52. The molecule has 0 unspecified atom stereocenters. The number of urea groups is 1. The highest BCUT2D eigenvalue weighted by molar-refractivity contribution is 6.03. The number of ether oxygens (including phenoxy) is 2. The molecule has 1 fully saturated rings. The van der Waals surface area contributed by atoms with Gasteiger partial charge in [0.15, 0.2) is 0 Å². The largest absolute Gasteiger partial charge is 0.444 e. The van der Waals surface area contributed by atoms with Gasteiger partial charge in [0.05, 0.1) is 23.1 Å². The van der Waals surface area contributed by atoms with Crippen LogP contribution in [0.25, 0.3) is 5.57 Å². The summed E-state index contributed by atoms with van der Waals surface area (Å²) < 4.78 is 10.6. The Morgan fingerprint density at radius 2 is 1.47 bits per heavy atom. The highest BCUT2D eigenvalue weighted by Crippen LogP contribution is 2.45. The average molecular weight is 614 g/mol. The van der Waals surface area contributed by atoms with Gasteiger partial charge in [-0.15, -0.1) is 0 Å². The molecule has 3 heterocycles. The summed E-state index contributed by atoms with van der Waals surface area (Å²) in [6.07, 6.45) is 3.10. The van der Waals surface area contributed by atoms with Crippen molar-refractivity contribution in [3.63, 3.8) is 0 Å². The molecule has 11 heteroatoms. The molecule has 5 amide bonds. The number of fused-ring (bicyclic) bond motifs is 2. The van der Waals surface area contributed by atoms with Crippen LogP contribution >= 0.6 is 0 Å². The van der Waals surface area contributed by atoms with Gasteiger partial charge >= 0.3 is 18.2 Å². The standard InChI is InChI=1S/C34H39N5O6/c1-33(2,3)44-31(42)35-23-18-19-38(20-23)24-14-12-22(13-15-24)29(40)36-27-26-17-16-25(21-10-8-7-9-11-21)28(27)39(26)30(41)37-32(43)45-34(4,5)6/h7-17,23H,18-20H2,1-6H3,(H,35,42)(H,36,40)(H,37,41,43)/t23-/m0/s1. The Morgan fingerprint density at radius 3 is 2.11 bits per heavy atom. The second-order valence-corrected chi connectivity index (χ2v) is 13.1. The average Bonchev–Trinajstić information content (AvgIpc) is 3.42. The molecule has 45 heavy (non-hydrogen) atoms. The third-order valence-electron chi connectivity index (χ3n) is 7.16. The van der Waals surface area contributed by atoms with E-state index in [4.69, 9.17) is 9.47 Å². The normalized spacial score (nSPS) is 17.5. The molecule has 0 spiro atoms. The van der Waals surface area contributed by atoms with Crippen molar-refractivity contribution in [3.8, 4) is 0 Å². The van der Waals surface area contributed by atoms with E-state index in [1.807, 2.05) is 69.3 Å². The van der Waals surface area contributed by atoms with E-state index in [9.17, 15) is 19.2 Å². The minimum atomic E-state index is -0.862. The summed E-state index contributed by atoms with van der Waals surface area (Å²) in [5, 5.41) is 8.17.